The zero-order chi connectivity index (χ0) is 38.1. The summed E-state index contributed by atoms with van der Waals surface area (Å²) >= 11 is 0. The van der Waals surface area contributed by atoms with Crippen LogP contribution in [0.1, 0.15) is 139 Å². The molecule has 2 fully saturated rings. The molecule has 6 atom stereocenters. The van der Waals surface area contributed by atoms with Crippen LogP contribution in [0, 0.1) is 16.7 Å². The Hall–Kier alpha value is -2.10. The van der Waals surface area contributed by atoms with Gasteiger partial charge in [0.15, 0.2) is 0 Å². The summed E-state index contributed by atoms with van der Waals surface area (Å²) in [6.07, 6.45) is 10.6. The van der Waals surface area contributed by atoms with Gasteiger partial charge in [-0.2, -0.15) is 0 Å². The molecule has 0 aromatic carbocycles. The molecule has 2 N–H and O–H groups in total. The minimum absolute atomic E-state index is 0. The molecular weight excluding hydrogens is 651 g/mol. The van der Waals surface area contributed by atoms with E-state index in [9.17, 15) is 14.7 Å². The van der Waals surface area contributed by atoms with Gasteiger partial charge >= 0.3 is 30.8 Å². The normalized spacial score (nSPS) is 20.9. The molecule has 2 unspecified atom stereocenters. The average molecular weight is 723 g/mol. The third kappa shape index (κ3) is 21.6. The molecule has 8 nitrogen and oxygen atoms in total. The summed E-state index contributed by atoms with van der Waals surface area (Å²) < 4.78 is 22.8. The van der Waals surface area contributed by atoms with Crippen LogP contribution in [0.4, 0.5) is 0 Å². The Morgan fingerprint density at radius 3 is 1.54 bits per heavy atom. The Morgan fingerprint density at radius 2 is 1.15 bits per heavy atom. The van der Waals surface area contributed by atoms with Crippen LogP contribution in [0.5, 0.6) is 0 Å². The van der Waals surface area contributed by atoms with Crippen molar-refractivity contribution in [3.8, 4) is 0 Å². The Balaban J connectivity index is 0. The van der Waals surface area contributed by atoms with Crippen LogP contribution in [0.3, 0.4) is 0 Å². The van der Waals surface area contributed by atoms with Gasteiger partial charge in [-0.25, -0.2) is 0 Å². The fraction of sp³-hybridized carbons (Fsp3) is 0.721. The number of esters is 2. The predicted molar refractivity (Wildman–Crippen MR) is 206 cm³/mol. The van der Waals surface area contributed by atoms with E-state index in [2.05, 4.69) is 51.6 Å². The molecule has 2 heterocycles. The molecule has 292 valence electrons. The topological polar surface area (TPSA) is 121 Å². The zero-order valence-corrected chi connectivity index (χ0v) is 34.5. The second kappa shape index (κ2) is 25.8. The van der Waals surface area contributed by atoms with E-state index in [1.165, 1.54) is 11.1 Å². The van der Waals surface area contributed by atoms with Crippen molar-refractivity contribution < 1.29 is 58.0 Å². The molecule has 0 saturated carbocycles. The molecule has 0 spiro atoms. The van der Waals surface area contributed by atoms with Crippen LogP contribution in [-0.4, -0.2) is 66.3 Å². The van der Waals surface area contributed by atoms with E-state index in [1.807, 2.05) is 48.5 Å². The van der Waals surface area contributed by atoms with E-state index >= 15 is 0 Å². The molecule has 0 aromatic heterocycles. The molecule has 52 heavy (non-hydrogen) atoms. The number of carbonyl (C=O) groups excluding carboxylic acids is 2. The van der Waals surface area contributed by atoms with Crippen LogP contribution in [0.15, 0.2) is 60.1 Å². The number of carbonyl (C=O) groups is 2. The molecule has 0 aromatic rings. The summed E-state index contributed by atoms with van der Waals surface area (Å²) in [5, 5.41) is 10.0. The van der Waals surface area contributed by atoms with Crippen molar-refractivity contribution in [3.63, 3.8) is 0 Å². The average Bonchev–Trinajstić information content (AvgIpc) is 3.58. The summed E-state index contributed by atoms with van der Waals surface area (Å²) in [6, 6.07) is 0. The van der Waals surface area contributed by atoms with E-state index in [1.54, 1.807) is 0 Å². The molecule has 2 aliphatic rings. The SMILES string of the molecule is C=C=C(C)C[C@@H](C)CCC1O[C@@H](CCCOC(=O)C(C)(C)C)CC1=C.C=C=C(C)C[C@@H](O)CCC1O[C@@H](CCCOC(=O)C(C)(C)C)CC1=C.[Li+].[OH-]. The molecule has 2 aliphatic heterocycles. The first kappa shape index (κ1) is 52.0. The van der Waals surface area contributed by atoms with Crippen molar-refractivity contribution in [1.82, 2.24) is 0 Å². The predicted octanol–water partition coefficient (Wildman–Crippen LogP) is 6.77. The quantitative estimate of drug-likeness (QED) is 0.0542. The van der Waals surface area contributed by atoms with Crippen molar-refractivity contribution in [1.29, 1.82) is 0 Å². The van der Waals surface area contributed by atoms with E-state index in [0.29, 0.717) is 32.0 Å². The minimum Gasteiger partial charge on any atom is -0.870 e. The maximum Gasteiger partial charge on any atom is 1.00 e. The van der Waals surface area contributed by atoms with Crippen LogP contribution in [0.25, 0.3) is 0 Å². The van der Waals surface area contributed by atoms with Crippen LogP contribution in [-0.2, 0) is 28.5 Å². The smallest absolute Gasteiger partial charge is 0.870 e. The van der Waals surface area contributed by atoms with Crippen molar-refractivity contribution in [2.45, 2.75) is 170 Å². The van der Waals surface area contributed by atoms with Gasteiger partial charge in [-0.05, 0) is 154 Å². The number of hydrogen-bond donors (Lipinski definition) is 1. The summed E-state index contributed by atoms with van der Waals surface area (Å²) in [5.74, 6) is 0.307. The van der Waals surface area contributed by atoms with Gasteiger partial charge in [0.2, 0.25) is 0 Å². The Morgan fingerprint density at radius 1 is 0.769 bits per heavy atom. The number of hydrogen-bond acceptors (Lipinski definition) is 8. The molecule has 0 aliphatic carbocycles. The second-order valence-electron chi connectivity index (χ2n) is 16.5. The minimum atomic E-state index is -0.455. The van der Waals surface area contributed by atoms with Crippen LogP contribution >= 0.6 is 0 Å². The van der Waals surface area contributed by atoms with E-state index < -0.39 is 10.8 Å². The maximum absolute atomic E-state index is 11.7. The van der Waals surface area contributed by atoms with E-state index in [-0.39, 0.29) is 66.8 Å². The Bertz CT molecular complexity index is 1120. The molecule has 2 rings (SSSR count). The van der Waals surface area contributed by atoms with Crippen molar-refractivity contribution in [3.05, 3.63) is 60.1 Å². The van der Waals surface area contributed by atoms with Crippen LogP contribution < -0.4 is 18.9 Å². The van der Waals surface area contributed by atoms with Gasteiger partial charge in [-0.1, -0.05) is 33.2 Å². The molecular formula is C43H71LiO8. The fourth-order valence-electron chi connectivity index (χ4n) is 5.87. The first-order chi connectivity index (χ1) is 23.3. The first-order valence-electron chi connectivity index (χ1n) is 18.7. The number of aliphatic hydroxyl groups excluding tert-OH is 1. The van der Waals surface area contributed by atoms with Gasteiger partial charge in [-0.3, -0.25) is 9.59 Å². The first-order valence-corrected chi connectivity index (χ1v) is 18.7. The molecule has 0 amide bonds. The fourth-order valence-corrected chi connectivity index (χ4v) is 5.87. The summed E-state index contributed by atoms with van der Waals surface area (Å²) in [6.45, 7) is 33.9. The van der Waals surface area contributed by atoms with Gasteiger partial charge in [0, 0.05) is 6.42 Å². The van der Waals surface area contributed by atoms with Crippen molar-refractivity contribution in [2.75, 3.05) is 13.2 Å². The van der Waals surface area contributed by atoms with Gasteiger partial charge in [0.25, 0.3) is 0 Å². The van der Waals surface area contributed by atoms with Crippen molar-refractivity contribution >= 4 is 11.9 Å². The number of ether oxygens (including phenoxy) is 4. The zero-order valence-electron chi connectivity index (χ0n) is 34.5. The van der Waals surface area contributed by atoms with Gasteiger partial charge < -0.3 is 29.5 Å². The number of allylic oxidation sites excluding steroid dienone is 1. The van der Waals surface area contributed by atoms with E-state index in [0.717, 1.165) is 75.4 Å². The van der Waals surface area contributed by atoms with Crippen LogP contribution in [0.2, 0.25) is 0 Å². The summed E-state index contributed by atoms with van der Waals surface area (Å²) in [5.41, 5.74) is 9.39. The van der Waals surface area contributed by atoms with E-state index in [4.69, 9.17) is 18.9 Å². The largest absolute Gasteiger partial charge is 1.00 e. The van der Waals surface area contributed by atoms with Crippen molar-refractivity contribution in [2.24, 2.45) is 16.7 Å². The summed E-state index contributed by atoms with van der Waals surface area (Å²) in [4.78, 5) is 23.4. The molecule has 0 bridgehead atoms. The second-order valence-corrected chi connectivity index (χ2v) is 16.5. The number of rotatable bonds is 18. The van der Waals surface area contributed by atoms with Gasteiger partial charge in [-0.15, -0.1) is 11.5 Å². The third-order valence-corrected chi connectivity index (χ3v) is 9.12. The Labute approximate surface area is 328 Å². The van der Waals surface area contributed by atoms with Gasteiger partial charge in [0.05, 0.1) is 54.6 Å². The molecule has 0 radical (unpaired) electrons. The Kier molecular flexibility index (Phi) is 25.8. The molecule has 9 heteroatoms. The standard InChI is InChI=1S/C22H36O3.C21H34O4.Li.H2O/c1-8-16(2)14-17(3)11-12-20-18(4)15-19(25-20)10-9-13-24-21(23)22(5,6)7;1-7-15(2)13-17(22)10-11-19-16(3)14-18(25-19)9-8-12-24-20(23)21(4,5)6;;/h17,19-20H,1,4,9-15H2,2-3,5-7H3;17-19,22H,1,3,8-14H2,2,4-6H3;;1H2/q;;+1;/p-1/t17-,19-,20?;17-,18-,19?;;/m00../s1. The maximum atomic E-state index is 11.7. The van der Waals surface area contributed by atoms with Gasteiger partial charge in [0.1, 0.15) is 0 Å². The summed E-state index contributed by atoms with van der Waals surface area (Å²) in [7, 11) is 0. The molecule has 2 saturated heterocycles. The monoisotopic (exact) mass is 723 g/mol. The number of aliphatic hydroxyl groups is 1. The third-order valence-electron chi connectivity index (χ3n) is 9.12.